The first kappa shape index (κ1) is 16.3. The molecular formula is C19H20N2O3S. The van der Waals surface area contributed by atoms with Gasteiger partial charge in [-0.25, -0.2) is 0 Å². The molecule has 0 saturated carbocycles. The molecule has 1 N–H and O–H groups in total. The van der Waals surface area contributed by atoms with Gasteiger partial charge in [0.25, 0.3) is 5.91 Å². The number of para-hydroxylation sites is 1. The second-order valence-electron chi connectivity index (χ2n) is 6.15. The molecule has 5 nitrogen and oxygen atoms in total. The molecule has 2 aliphatic rings. The predicted octanol–water partition coefficient (Wildman–Crippen LogP) is 3.13. The Hall–Kier alpha value is -2.18. The fourth-order valence-electron chi connectivity index (χ4n) is 3.39. The minimum Gasteiger partial charge on any atom is -0.493 e. The van der Waals surface area contributed by atoms with Crippen LogP contribution in [0.3, 0.4) is 0 Å². The lowest BCUT2D eigenvalue weighted by Gasteiger charge is -2.36. The molecular weight excluding hydrogens is 336 g/mol. The molecule has 25 heavy (non-hydrogen) atoms. The number of nitrogens with zero attached hydrogens (tertiary/aromatic N) is 1. The van der Waals surface area contributed by atoms with Gasteiger partial charge in [-0.1, -0.05) is 23.9 Å². The van der Waals surface area contributed by atoms with Crippen molar-refractivity contribution in [2.75, 3.05) is 26.1 Å². The number of benzene rings is 2. The van der Waals surface area contributed by atoms with E-state index < -0.39 is 0 Å². The van der Waals surface area contributed by atoms with E-state index in [2.05, 4.69) is 22.3 Å². The average molecular weight is 356 g/mol. The number of rotatable bonds is 3. The van der Waals surface area contributed by atoms with E-state index >= 15 is 0 Å². The molecule has 2 heterocycles. The Morgan fingerprint density at radius 3 is 2.60 bits per heavy atom. The summed E-state index contributed by atoms with van der Waals surface area (Å²) in [5.41, 5.74) is 3.35. The third kappa shape index (κ3) is 2.96. The zero-order valence-electron chi connectivity index (χ0n) is 14.2. The van der Waals surface area contributed by atoms with Crippen LogP contribution in [0.2, 0.25) is 0 Å². The second-order valence-corrected chi connectivity index (χ2v) is 7.27. The summed E-state index contributed by atoms with van der Waals surface area (Å²) in [6, 6.07) is 12.0. The van der Waals surface area contributed by atoms with E-state index in [9.17, 15) is 4.79 Å². The van der Waals surface area contributed by atoms with Crippen LogP contribution in [0.15, 0.2) is 41.3 Å². The minimum absolute atomic E-state index is 0.0487. The van der Waals surface area contributed by atoms with Crippen LogP contribution in [0.5, 0.6) is 11.5 Å². The third-order valence-corrected chi connectivity index (χ3v) is 6.03. The van der Waals surface area contributed by atoms with Crippen LogP contribution in [0.25, 0.3) is 0 Å². The van der Waals surface area contributed by atoms with Crippen molar-refractivity contribution < 1.29 is 14.3 Å². The van der Waals surface area contributed by atoms with Gasteiger partial charge in [0.2, 0.25) is 0 Å². The first-order chi connectivity index (χ1) is 12.2. The summed E-state index contributed by atoms with van der Waals surface area (Å²) in [7, 11) is 3.30. The maximum Gasteiger partial charge on any atom is 0.252 e. The molecule has 2 aromatic rings. The first-order valence-electron chi connectivity index (χ1n) is 8.24. The lowest BCUT2D eigenvalue weighted by atomic mass is 9.98. The number of carbonyl (C=O) groups is 1. The summed E-state index contributed by atoms with van der Waals surface area (Å²) in [4.78, 5) is 15.9. The number of amides is 1. The zero-order chi connectivity index (χ0) is 17.4. The molecule has 2 aromatic carbocycles. The Morgan fingerprint density at radius 1 is 1.12 bits per heavy atom. The molecule has 130 valence electrons. The fraction of sp³-hybridized carbons (Fsp3) is 0.316. The summed E-state index contributed by atoms with van der Waals surface area (Å²) in [5.74, 6) is 1.54. The van der Waals surface area contributed by atoms with Crippen molar-refractivity contribution in [3.63, 3.8) is 0 Å². The molecule has 0 bridgehead atoms. The summed E-state index contributed by atoms with van der Waals surface area (Å²) in [5, 5.41) is 2.81. The van der Waals surface area contributed by atoms with Gasteiger partial charge in [-0.15, -0.1) is 0 Å². The van der Waals surface area contributed by atoms with Crippen molar-refractivity contribution in [2.45, 2.75) is 23.2 Å². The van der Waals surface area contributed by atoms with Gasteiger partial charge >= 0.3 is 0 Å². The third-order valence-electron chi connectivity index (χ3n) is 4.69. The largest absolute Gasteiger partial charge is 0.493 e. The molecule has 6 heteroatoms. The second kappa shape index (κ2) is 6.61. The van der Waals surface area contributed by atoms with Crippen LogP contribution in [-0.4, -0.2) is 36.9 Å². The molecule has 0 radical (unpaired) electrons. The van der Waals surface area contributed by atoms with Crippen LogP contribution >= 0.6 is 11.8 Å². The topological polar surface area (TPSA) is 50.8 Å². The molecule has 0 aromatic heterocycles. The van der Waals surface area contributed by atoms with E-state index in [0.717, 1.165) is 41.6 Å². The summed E-state index contributed by atoms with van der Waals surface area (Å²) < 4.78 is 10.8. The van der Waals surface area contributed by atoms with Gasteiger partial charge in [-0.05, 0) is 41.8 Å². The molecule has 0 saturated heterocycles. The molecule has 0 spiro atoms. The standard InChI is InChI=1S/C19H20N2O3S/c1-23-15-9-12-7-8-21(11-13(12)10-16(15)24-2)19-18(22)20-14-5-3-4-6-17(14)25-19/h3-6,9-10,19H,7-8,11H2,1-2H3,(H,20,22)/t19-/m0/s1. The van der Waals surface area contributed by atoms with Gasteiger partial charge < -0.3 is 14.8 Å². The smallest absolute Gasteiger partial charge is 0.252 e. The zero-order valence-corrected chi connectivity index (χ0v) is 15.1. The van der Waals surface area contributed by atoms with E-state index in [0.29, 0.717) is 0 Å². The highest BCUT2D eigenvalue weighted by Crippen LogP contribution is 2.39. The number of hydrogen-bond acceptors (Lipinski definition) is 5. The lowest BCUT2D eigenvalue weighted by molar-refractivity contribution is -0.118. The van der Waals surface area contributed by atoms with Gasteiger partial charge in [0, 0.05) is 18.0 Å². The number of methoxy groups -OCH3 is 2. The van der Waals surface area contributed by atoms with Crippen molar-refractivity contribution in [3.05, 3.63) is 47.5 Å². The van der Waals surface area contributed by atoms with Crippen LogP contribution in [-0.2, 0) is 17.8 Å². The van der Waals surface area contributed by atoms with Crippen molar-refractivity contribution in [2.24, 2.45) is 0 Å². The van der Waals surface area contributed by atoms with Gasteiger partial charge in [0.05, 0.1) is 19.9 Å². The minimum atomic E-state index is -0.212. The Morgan fingerprint density at radius 2 is 1.84 bits per heavy atom. The van der Waals surface area contributed by atoms with Crippen molar-refractivity contribution in [1.29, 1.82) is 0 Å². The molecule has 4 rings (SSSR count). The number of anilines is 1. The summed E-state index contributed by atoms with van der Waals surface area (Å²) >= 11 is 1.62. The van der Waals surface area contributed by atoms with E-state index in [-0.39, 0.29) is 11.3 Å². The summed E-state index contributed by atoms with van der Waals surface area (Å²) in [6.07, 6.45) is 0.891. The highest BCUT2D eigenvalue weighted by atomic mass is 32.2. The predicted molar refractivity (Wildman–Crippen MR) is 98.4 cm³/mol. The monoisotopic (exact) mass is 356 g/mol. The maximum absolute atomic E-state index is 12.6. The molecule has 0 fully saturated rings. The van der Waals surface area contributed by atoms with Gasteiger partial charge in [0.1, 0.15) is 5.37 Å². The van der Waals surface area contributed by atoms with Crippen molar-refractivity contribution in [3.8, 4) is 11.5 Å². The van der Waals surface area contributed by atoms with Gasteiger partial charge in [0.15, 0.2) is 11.5 Å². The average Bonchev–Trinajstić information content (AvgIpc) is 2.65. The highest BCUT2D eigenvalue weighted by molar-refractivity contribution is 8.00. The molecule has 0 unspecified atom stereocenters. The molecule has 1 atom stereocenters. The van der Waals surface area contributed by atoms with Gasteiger partial charge in [-0.3, -0.25) is 9.69 Å². The number of hydrogen-bond donors (Lipinski definition) is 1. The van der Waals surface area contributed by atoms with E-state index in [1.54, 1.807) is 26.0 Å². The summed E-state index contributed by atoms with van der Waals surface area (Å²) in [6.45, 7) is 1.57. The first-order valence-corrected chi connectivity index (χ1v) is 9.12. The van der Waals surface area contributed by atoms with E-state index in [1.165, 1.54) is 11.1 Å². The lowest BCUT2D eigenvalue weighted by Crippen LogP contribution is -2.45. The SMILES string of the molecule is COc1cc2c(cc1OC)CN([C@H]1Sc3ccccc3NC1=O)CC2. The Labute approximate surface area is 151 Å². The van der Waals surface area contributed by atoms with Crippen LogP contribution in [0.4, 0.5) is 5.69 Å². The number of carbonyl (C=O) groups excluding carboxylic acids is 1. The Kier molecular flexibility index (Phi) is 4.31. The van der Waals surface area contributed by atoms with Crippen LogP contribution < -0.4 is 14.8 Å². The number of ether oxygens (including phenoxy) is 2. The highest BCUT2D eigenvalue weighted by Gasteiger charge is 2.34. The van der Waals surface area contributed by atoms with Gasteiger partial charge in [-0.2, -0.15) is 0 Å². The quantitative estimate of drug-likeness (QED) is 0.916. The van der Waals surface area contributed by atoms with Crippen molar-refractivity contribution >= 4 is 23.4 Å². The molecule has 1 amide bonds. The van der Waals surface area contributed by atoms with E-state index in [1.807, 2.05) is 24.3 Å². The molecule has 2 aliphatic heterocycles. The van der Waals surface area contributed by atoms with Crippen LogP contribution in [0.1, 0.15) is 11.1 Å². The van der Waals surface area contributed by atoms with Crippen LogP contribution in [0, 0.1) is 0 Å². The Balaban J connectivity index is 1.59. The number of thioether (sulfide) groups is 1. The fourth-order valence-corrected chi connectivity index (χ4v) is 4.53. The van der Waals surface area contributed by atoms with E-state index in [4.69, 9.17) is 9.47 Å². The number of nitrogens with one attached hydrogen (secondary N) is 1. The Bertz CT molecular complexity index is 824. The normalized spacial score (nSPS) is 19.6. The van der Waals surface area contributed by atoms with Crippen molar-refractivity contribution in [1.82, 2.24) is 4.90 Å². The number of fused-ring (bicyclic) bond motifs is 2. The molecule has 0 aliphatic carbocycles. The maximum atomic E-state index is 12.6.